The fourth-order valence-electron chi connectivity index (χ4n) is 19.6. The molecule has 16 heteroatoms. The zero-order chi connectivity index (χ0) is 96.0. The van der Waals surface area contributed by atoms with Gasteiger partial charge in [0.25, 0.3) is 0 Å². The van der Waals surface area contributed by atoms with E-state index in [9.17, 15) is 39.6 Å². The number of benzene rings is 4. The molecule has 0 unspecified atom stereocenters. The Hall–Kier alpha value is -9.44. The molecule has 746 valence electrons. The molecule has 0 saturated carbocycles. The summed E-state index contributed by atoms with van der Waals surface area (Å²) >= 11 is 0. The van der Waals surface area contributed by atoms with Crippen molar-refractivity contribution in [3.63, 3.8) is 0 Å². The van der Waals surface area contributed by atoms with Crippen molar-refractivity contribution in [2.45, 2.75) is 439 Å². The van der Waals surface area contributed by atoms with Crippen molar-refractivity contribution in [1.29, 1.82) is 0 Å². The molecule has 0 spiro atoms. The number of unbranched alkanes of at least 4 members (excludes halogenated alkanes) is 60. The first-order valence-electron chi connectivity index (χ1n) is 55.0. The van der Waals surface area contributed by atoms with Gasteiger partial charge in [0, 0.05) is 33.4 Å². The van der Waals surface area contributed by atoms with Crippen LogP contribution in [0.1, 0.15) is 503 Å². The number of ether oxygens (including phenoxy) is 4. The standard InChI is InChI=1S/C120H174N4O12/c1-5-9-13-17-21-25-29-33-37-41-45-49-53-57-61-65-83-133-109-79-69-94(87-103(109)117(125)126)113-107-78-76-100(123-107)91-99-73-72-97(121-99)90-98-74-75-101(122-98)92-108-114(95-70-80-110(104(88-95)118(127)128)134-84-66-62-58-54-50-46-42-38-34-30-26-22-18-14-10-6-2)115(96-71-81-111(105(89-96)119(129)130)135-85-67-63-59-55-51-47-43-39-35-31-27-23-19-15-11-7-3)116(113)124(108)102-77-82-112(106(93-102)120(131)132)136-86-68-64-60-56-52-48-44-40-36-32-28-24-20-16-12-8-4/h69-82,87-93,121H,5-68,83-86H2,1-4H3,(H,125,126)(H,127,128)(H,129,130)(H,131,132). The van der Waals surface area contributed by atoms with Gasteiger partial charge in [-0.3, -0.25) is 0 Å². The number of hydrogen-bond acceptors (Lipinski definition) is 10. The second kappa shape index (κ2) is 67.0. The highest BCUT2D eigenvalue weighted by Crippen LogP contribution is 2.50. The van der Waals surface area contributed by atoms with Crippen molar-refractivity contribution in [1.82, 2.24) is 19.5 Å². The quantitative estimate of drug-likeness (QED) is 0.0223. The highest BCUT2D eigenvalue weighted by atomic mass is 16.5. The molecule has 0 atom stereocenters. The van der Waals surface area contributed by atoms with E-state index in [1.165, 1.54) is 308 Å². The number of carboxylic acids is 4. The van der Waals surface area contributed by atoms with Crippen molar-refractivity contribution >= 4 is 70.2 Å². The maximum Gasteiger partial charge on any atom is 0.339 e. The molecular weight excluding hydrogens is 1690 g/mol. The van der Waals surface area contributed by atoms with Crippen molar-refractivity contribution in [3.05, 3.63) is 148 Å². The Morgan fingerprint density at radius 3 is 0.794 bits per heavy atom. The summed E-state index contributed by atoms with van der Waals surface area (Å²) in [5.41, 5.74) is 6.35. The van der Waals surface area contributed by atoms with Crippen LogP contribution in [0.15, 0.2) is 103 Å². The van der Waals surface area contributed by atoms with E-state index in [-0.39, 0.29) is 65.1 Å². The Balaban J connectivity index is 1.12. The van der Waals surface area contributed by atoms with Crippen LogP contribution in [0, 0.1) is 0 Å². The van der Waals surface area contributed by atoms with E-state index in [0.717, 1.165) is 107 Å². The second-order valence-corrected chi connectivity index (χ2v) is 39.2. The minimum Gasteiger partial charge on any atom is -0.493 e. The molecule has 4 aromatic carbocycles. The van der Waals surface area contributed by atoms with Crippen molar-refractivity contribution in [2.24, 2.45) is 0 Å². The third-order valence-corrected chi connectivity index (χ3v) is 27.6. The molecule has 0 aliphatic carbocycles. The normalized spacial score (nSPS) is 11.8. The van der Waals surface area contributed by atoms with Crippen LogP contribution in [-0.4, -0.2) is 90.2 Å². The fraction of sp³-hybridized carbons (Fsp3) is 0.600. The van der Waals surface area contributed by atoms with Crippen LogP contribution in [0.4, 0.5) is 0 Å². The van der Waals surface area contributed by atoms with Gasteiger partial charge in [-0.2, -0.15) is 0 Å². The number of aromatic amines is 1. The number of fused-ring (bicyclic) bond motifs is 8. The van der Waals surface area contributed by atoms with Crippen molar-refractivity contribution in [2.75, 3.05) is 26.4 Å². The van der Waals surface area contributed by atoms with Crippen LogP contribution in [0.5, 0.6) is 23.0 Å². The van der Waals surface area contributed by atoms with Gasteiger partial charge >= 0.3 is 23.9 Å². The van der Waals surface area contributed by atoms with Gasteiger partial charge < -0.3 is 48.9 Å². The molecule has 0 fully saturated rings. The Morgan fingerprint density at radius 1 is 0.257 bits per heavy atom. The number of aromatic carboxylic acids is 4. The molecule has 5 N–H and O–H groups in total. The molecule has 3 aromatic heterocycles. The lowest BCUT2D eigenvalue weighted by molar-refractivity contribution is 0.0681. The molecule has 7 aromatic rings. The topological polar surface area (TPSA) is 233 Å². The average molecular weight is 1860 g/mol. The van der Waals surface area contributed by atoms with E-state index in [4.69, 9.17) is 28.9 Å². The monoisotopic (exact) mass is 1860 g/mol. The molecular formula is C120H174N4O12. The molecule has 5 heterocycles. The number of hydrogen-bond donors (Lipinski definition) is 5. The molecule has 2 aliphatic heterocycles. The maximum atomic E-state index is 14.3. The Bertz CT molecular complexity index is 4850. The fourth-order valence-corrected chi connectivity index (χ4v) is 19.6. The first kappa shape index (κ1) is 110. The summed E-state index contributed by atoms with van der Waals surface area (Å²) < 4.78 is 28.1. The lowest BCUT2D eigenvalue weighted by atomic mass is 9.91. The van der Waals surface area contributed by atoms with E-state index < -0.39 is 23.9 Å². The molecule has 136 heavy (non-hydrogen) atoms. The largest absolute Gasteiger partial charge is 0.493 e. The van der Waals surface area contributed by atoms with Crippen LogP contribution in [0.3, 0.4) is 0 Å². The van der Waals surface area contributed by atoms with E-state index in [2.05, 4.69) is 32.7 Å². The molecule has 2 aliphatic rings. The van der Waals surface area contributed by atoms with Crippen LogP contribution < -0.4 is 18.9 Å². The first-order valence-corrected chi connectivity index (χ1v) is 55.0. The SMILES string of the molecule is CCCCCCCCCCCCCCCCCCOc1ccc(-c2c(-c3ccc(OCCCCCCCCCCCCCCCCCC)c(C(=O)O)c3)c3c(-c4ccc(OCCCCCCCCCCCCCCCCCC)c(C(=O)O)c4)c4nc(cc5ccc(cc6nc(cc2n3-c2ccc(OCCCCCCCCCCCCCCCCCC)c(C(=O)O)c2)C=C6)[nH]5)C=C4)cc1C(=O)O. The van der Waals surface area contributed by atoms with Gasteiger partial charge in [0.05, 0.1) is 60.2 Å². The summed E-state index contributed by atoms with van der Waals surface area (Å²) in [4.78, 5) is 71.2. The van der Waals surface area contributed by atoms with E-state index in [0.29, 0.717) is 85.9 Å². The molecule has 8 bridgehead atoms. The number of nitrogens with zero attached hydrogens (tertiary/aromatic N) is 3. The maximum absolute atomic E-state index is 14.3. The Morgan fingerprint density at radius 2 is 0.500 bits per heavy atom. The van der Waals surface area contributed by atoms with Gasteiger partial charge in [0.2, 0.25) is 0 Å². The van der Waals surface area contributed by atoms with Crippen LogP contribution >= 0.6 is 0 Å². The van der Waals surface area contributed by atoms with Crippen molar-refractivity contribution in [3.8, 4) is 62.1 Å². The number of carbonyl (C=O) groups is 4. The van der Waals surface area contributed by atoms with Crippen LogP contribution in [-0.2, 0) is 0 Å². The van der Waals surface area contributed by atoms with Gasteiger partial charge in [-0.05, 0) is 152 Å². The highest BCUT2D eigenvalue weighted by Gasteiger charge is 2.31. The molecule has 16 nitrogen and oxygen atoms in total. The van der Waals surface area contributed by atoms with E-state index in [1.807, 2.05) is 83.5 Å². The molecule has 0 saturated heterocycles. The summed E-state index contributed by atoms with van der Waals surface area (Å²) in [6.07, 6.45) is 85.3. The van der Waals surface area contributed by atoms with Gasteiger partial charge in [-0.25, -0.2) is 29.1 Å². The predicted octanol–water partition coefficient (Wildman–Crippen LogP) is 36.5. The Labute approximate surface area is 818 Å². The zero-order valence-corrected chi connectivity index (χ0v) is 84.6. The van der Waals surface area contributed by atoms with Gasteiger partial charge in [0.1, 0.15) is 45.3 Å². The minimum absolute atomic E-state index is 0.110. The first-order chi connectivity index (χ1) is 66.8. The van der Waals surface area contributed by atoms with Crippen LogP contribution in [0.25, 0.3) is 85.4 Å². The van der Waals surface area contributed by atoms with E-state index >= 15 is 0 Å². The number of aromatic nitrogens is 4. The second-order valence-electron chi connectivity index (χ2n) is 39.2. The number of carboxylic acid groups (broad SMARTS) is 4. The van der Waals surface area contributed by atoms with Gasteiger partial charge in [0.15, 0.2) is 0 Å². The number of nitrogens with one attached hydrogen (secondary N) is 1. The average Bonchev–Trinajstić information content (AvgIpc) is 1.56. The molecule has 0 radical (unpaired) electrons. The summed E-state index contributed by atoms with van der Waals surface area (Å²) in [6, 6.07) is 30.1. The smallest absolute Gasteiger partial charge is 0.339 e. The van der Waals surface area contributed by atoms with E-state index in [1.54, 1.807) is 48.5 Å². The third-order valence-electron chi connectivity index (χ3n) is 27.6. The summed E-state index contributed by atoms with van der Waals surface area (Å²) in [5, 5.41) is 46.5. The number of rotatable bonds is 80. The van der Waals surface area contributed by atoms with Crippen LogP contribution in [0.2, 0.25) is 0 Å². The van der Waals surface area contributed by atoms with Crippen molar-refractivity contribution < 1.29 is 58.6 Å². The zero-order valence-electron chi connectivity index (χ0n) is 84.6. The highest BCUT2D eigenvalue weighted by molar-refractivity contribution is 6.13. The predicted molar refractivity (Wildman–Crippen MR) is 568 cm³/mol. The molecule has 0 amide bonds. The van der Waals surface area contributed by atoms with Gasteiger partial charge in [-0.15, -0.1) is 0 Å². The molecule has 9 rings (SSSR count). The lowest BCUT2D eigenvalue weighted by Crippen LogP contribution is -2.07. The summed E-state index contributed by atoms with van der Waals surface area (Å²) in [7, 11) is 0. The minimum atomic E-state index is -1.25. The lowest BCUT2D eigenvalue weighted by Gasteiger charge is -2.17. The third kappa shape index (κ3) is 40.2. The summed E-state index contributed by atoms with van der Waals surface area (Å²) in [5.74, 6) is -4.26. The Kier molecular flexibility index (Phi) is 54.3. The van der Waals surface area contributed by atoms with Gasteiger partial charge in [-0.1, -0.05) is 431 Å². The number of H-pyrrole nitrogens is 1. The summed E-state index contributed by atoms with van der Waals surface area (Å²) in [6.45, 7) is 10.2.